The summed E-state index contributed by atoms with van der Waals surface area (Å²) in [6.45, 7) is 2.84. The van der Waals surface area contributed by atoms with E-state index in [1.807, 2.05) is 6.92 Å². The van der Waals surface area contributed by atoms with Gasteiger partial charge in [-0.3, -0.25) is 0 Å². The first-order chi connectivity index (χ1) is 7.26. The Hall–Kier alpha value is -0.160. The van der Waals surface area contributed by atoms with E-state index in [0.717, 1.165) is 19.3 Å². The van der Waals surface area contributed by atoms with Gasteiger partial charge in [0, 0.05) is 12.5 Å². The molecule has 0 aromatic heterocycles. The monoisotopic (exact) mass is 216 g/mol. The molecule has 2 aliphatic heterocycles. The maximum Gasteiger partial charge on any atom is 0.161 e. The SMILES string of the molecule is CC[C@H](O)[C@@H]1C[C@H]2[C@H](CCO)CO[C@H]2O1. The van der Waals surface area contributed by atoms with Crippen LogP contribution in [0.25, 0.3) is 0 Å². The summed E-state index contributed by atoms with van der Waals surface area (Å²) in [5.41, 5.74) is 0. The van der Waals surface area contributed by atoms with Crippen LogP contribution in [0.1, 0.15) is 26.2 Å². The second kappa shape index (κ2) is 4.78. The number of aliphatic hydroxyl groups is 2. The second-order valence-corrected chi connectivity index (χ2v) is 4.52. The summed E-state index contributed by atoms with van der Waals surface area (Å²) >= 11 is 0. The van der Waals surface area contributed by atoms with Crippen molar-refractivity contribution >= 4 is 0 Å². The minimum Gasteiger partial charge on any atom is -0.396 e. The van der Waals surface area contributed by atoms with Gasteiger partial charge in [0.25, 0.3) is 0 Å². The predicted molar refractivity (Wildman–Crippen MR) is 54.2 cm³/mol. The summed E-state index contributed by atoms with van der Waals surface area (Å²) in [7, 11) is 0. The minimum atomic E-state index is -0.381. The molecule has 2 saturated heterocycles. The van der Waals surface area contributed by atoms with Gasteiger partial charge in [0.2, 0.25) is 0 Å². The van der Waals surface area contributed by atoms with Gasteiger partial charge < -0.3 is 19.7 Å². The molecule has 15 heavy (non-hydrogen) atoms. The van der Waals surface area contributed by atoms with E-state index >= 15 is 0 Å². The van der Waals surface area contributed by atoms with E-state index in [2.05, 4.69) is 0 Å². The highest BCUT2D eigenvalue weighted by atomic mass is 16.7. The summed E-state index contributed by atoms with van der Waals surface area (Å²) in [5, 5.41) is 18.6. The first-order valence-corrected chi connectivity index (χ1v) is 5.82. The average molecular weight is 216 g/mol. The molecule has 0 spiro atoms. The van der Waals surface area contributed by atoms with Crippen molar-refractivity contribution in [2.75, 3.05) is 13.2 Å². The van der Waals surface area contributed by atoms with E-state index in [9.17, 15) is 5.11 Å². The summed E-state index contributed by atoms with van der Waals surface area (Å²) in [4.78, 5) is 0. The molecular formula is C11H20O4. The Bertz CT molecular complexity index is 207. The molecule has 2 heterocycles. The van der Waals surface area contributed by atoms with Crippen molar-refractivity contribution in [1.82, 2.24) is 0 Å². The van der Waals surface area contributed by atoms with Crippen LogP contribution in [0.15, 0.2) is 0 Å². The third kappa shape index (κ3) is 2.18. The zero-order chi connectivity index (χ0) is 10.8. The Morgan fingerprint density at radius 1 is 1.47 bits per heavy atom. The third-order valence-electron chi connectivity index (χ3n) is 3.59. The lowest BCUT2D eigenvalue weighted by Gasteiger charge is -2.18. The smallest absolute Gasteiger partial charge is 0.161 e. The van der Waals surface area contributed by atoms with Crippen LogP contribution < -0.4 is 0 Å². The largest absolute Gasteiger partial charge is 0.396 e. The molecule has 2 aliphatic rings. The zero-order valence-electron chi connectivity index (χ0n) is 9.13. The third-order valence-corrected chi connectivity index (χ3v) is 3.59. The van der Waals surface area contributed by atoms with Gasteiger partial charge in [-0.15, -0.1) is 0 Å². The van der Waals surface area contributed by atoms with E-state index in [4.69, 9.17) is 14.6 Å². The van der Waals surface area contributed by atoms with Crippen LogP contribution >= 0.6 is 0 Å². The highest BCUT2D eigenvalue weighted by Gasteiger charge is 2.46. The summed E-state index contributed by atoms with van der Waals surface area (Å²) in [6, 6.07) is 0. The van der Waals surface area contributed by atoms with Crippen LogP contribution in [0, 0.1) is 11.8 Å². The quantitative estimate of drug-likeness (QED) is 0.719. The molecule has 2 rings (SSSR count). The molecule has 88 valence electrons. The number of rotatable bonds is 4. The van der Waals surface area contributed by atoms with Gasteiger partial charge in [0.05, 0.1) is 18.8 Å². The van der Waals surface area contributed by atoms with Crippen molar-refractivity contribution in [1.29, 1.82) is 0 Å². The first kappa shape index (κ1) is 11.3. The first-order valence-electron chi connectivity index (χ1n) is 5.82. The predicted octanol–water partition coefficient (Wildman–Crippen LogP) is 0.517. The van der Waals surface area contributed by atoms with Crippen molar-refractivity contribution in [3.63, 3.8) is 0 Å². The Kier molecular flexibility index (Phi) is 3.61. The van der Waals surface area contributed by atoms with Gasteiger partial charge in [-0.05, 0) is 25.2 Å². The maximum atomic E-state index is 9.70. The van der Waals surface area contributed by atoms with Gasteiger partial charge in [-0.25, -0.2) is 0 Å². The van der Waals surface area contributed by atoms with Crippen LogP contribution in [-0.4, -0.2) is 41.9 Å². The van der Waals surface area contributed by atoms with Gasteiger partial charge >= 0.3 is 0 Å². The van der Waals surface area contributed by atoms with Crippen LogP contribution in [0.3, 0.4) is 0 Å². The summed E-state index contributed by atoms with van der Waals surface area (Å²) in [5.74, 6) is 0.761. The molecule has 0 amide bonds. The molecule has 4 heteroatoms. The molecule has 0 unspecified atom stereocenters. The van der Waals surface area contributed by atoms with Crippen LogP contribution in [-0.2, 0) is 9.47 Å². The Morgan fingerprint density at radius 2 is 2.27 bits per heavy atom. The maximum absolute atomic E-state index is 9.70. The van der Waals surface area contributed by atoms with Gasteiger partial charge in [0.15, 0.2) is 6.29 Å². The lowest BCUT2D eigenvalue weighted by molar-refractivity contribution is -0.140. The van der Waals surface area contributed by atoms with E-state index in [0.29, 0.717) is 18.4 Å². The van der Waals surface area contributed by atoms with Crippen molar-refractivity contribution in [2.24, 2.45) is 11.8 Å². The Labute approximate surface area is 90.2 Å². The Balaban J connectivity index is 1.91. The van der Waals surface area contributed by atoms with Gasteiger partial charge in [0.1, 0.15) is 0 Å². The van der Waals surface area contributed by atoms with Crippen molar-refractivity contribution in [3.05, 3.63) is 0 Å². The average Bonchev–Trinajstić information content (AvgIpc) is 2.79. The minimum absolute atomic E-state index is 0.0773. The number of fused-ring (bicyclic) bond motifs is 1. The van der Waals surface area contributed by atoms with Gasteiger partial charge in [-0.2, -0.15) is 0 Å². The lowest BCUT2D eigenvalue weighted by Crippen LogP contribution is -2.26. The van der Waals surface area contributed by atoms with Gasteiger partial charge in [-0.1, -0.05) is 6.92 Å². The zero-order valence-corrected chi connectivity index (χ0v) is 9.13. The van der Waals surface area contributed by atoms with Crippen molar-refractivity contribution in [2.45, 2.75) is 44.7 Å². The van der Waals surface area contributed by atoms with Crippen LogP contribution in [0.4, 0.5) is 0 Å². The fraction of sp³-hybridized carbons (Fsp3) is 1.00. The van der Waals surface area contributed by atoms with E-state index in [1.165, 1.54) is 0 Å². The molecule has 0 saturated carbocycles. The molecule has 2 N–H and O–H groups in total. The van der Waals surface area contributed by atoms with Crippen LogP contribution in [0.5, 0.6) is 0 Å². The molecule has 0 aromatic rings. The van der Waals surface area contributed by atoms with E-state index in [-0.39, 0.29) is 25.1 Å². The summed E-state index contributed by atoms with van der Waals surface area (Å²) < 4.78 is 11.2. The highest BCUT2D eigenvalue weighted by molar-refractivity contribution is 4.89. The number of hydrogen-bond donors (Lipinski definition) is 2. The molecule has 0 aromatic carbocycles. The standard InChI is InChI=1S/C11H20O4/c1-2-9(13)10-5-8-7(3-4-12)6-14-11(8)15-10/h7-13H,2-6H2,1H3/t7-,8+,9+,10+,11+/m1/s1. The molecule has 0 aliphatic carbocycles. The topological polar surface area (TPSA) is 58.9 Å². The second-order valence-electron chi connectivity index (χ2n) is 4.52. The molecule has 5 atom stereocenters. The normalized spacial score (nSPS) is 41.8. The number of ether oxygens (including phenoxy) is 2. The van der Waals surface area contributed by atoms with E-state index < -0.39 is 0 Å². The van der Waals surface area contributed by atoms with Crippen molar-refractivity contribution in [3.8, 4) is 0 Å². The Morgan fingerprint density at radius 3 is 2.93 bits per heavy atom. The number of hydrogen-bond acceptors (Lipinski definition) is 4. The molecule has 2 fully saturated rings. The van der Waals surface area contributed by atoms with E-state index in [1.54, 1.807) is 0 Å². The van der Waals surface area contributed by atoms with Crippen molar-refractivity contribution < 1.29 is 19.7 Å². The van der Waals surface area contributed by atoms with Crippen LogP contribution in [0.2, 0.25) is 0 Å². The highest BCUT2D eigenvalue weighted by Crippen LogP contribution is 2.41. The fourth-order valence-corrected chi connectivity index (χ4v) is 2.60. The molecule has 0 radical (unpaired) electrons. The molecular weight excluding hydrogens is 196 g/mol. The summed E-state index contributed by atoms with van der Waals surface area (Å²) in [6.07, 6.45) is 1.76. The fourth-order valence-electron chi connectivity index (χ4n) is 2.60. The number of aliphatic hydroxyl groups excluding tert-OH is 2. The molecule has 0 bridgehead atoms. The molecule has 4 nitrogen and oxygen atoms in total. The lowest BCUT2D eigenvalue weighted by atomic mass is 9.88.